The zero-order valence-corrected chi connectivity index (χ0v) is 15.8. The third kappa shape index (κ3) is 5.23. The van der Waals surface area contributed by atoms with Crippen LogP contribution in [-0.4, -0.2) is 30.7 Å². The number of thioether (sulfide) groups is 1. The van der Waals surface area contributed by atoms with E-state index >= 15 is 0 Å². The molecule has 2 aromatic rings. The van der Waals surface area contributed by atoms with Crippen molar-refractivity contribution >= 4 is 23.4 Å². The summed E-state index contributed by atoms with van der Waals surface area (Å²) >= 11 is 1.30. The van der Waals surface area contributed by atoms with Gasteiger partial charge in [-0.2, -0.15) is 5.26 Å². The molecule has 0 aliphatic carbocycles. The number of hydrogen-bond donors (Lipinski definition) is 1. The minimum atomic E-state index is -0.0773. The van der Waals surface area contributed by atoms with Gasteiger partial charge < -0.3 is 10.2 Å². The average molecular weight is 354 g/mol. The largest absolute Gasteiger partial charge is 0.378 e. The number of carbonyl (C=O) groups excluding carboxylic acids is 1. The number of nitrogens with zero attached hydrogens (tertiary/aromatic N) is 3. The molecular formula is C19H22N4OS. The third-order valence-corrected chi connectivity index (χ3v) is 4.68. The predicted molar refractivity (Wildman–Crippen MR) is 102 cm³/mol. The van der Waals surface area contributed by atoms with Crippen molar-refractivity contribution in [1.82, 2.24) is 10.3 Å². The van der Waals surface area contributed by atoms with Gasteiger partial charge >= 0.3 is 0 Å². The molecule has 0 aliphatic heterocycles. The SMILES string of the molecule is Cc1cc(C)c(C#N)c(SCC(=O)NCc2ccc(N(C)C)cc2)n1. The molecule has 6 heteroatoms. The Morgan fingerprint density at radius 2 is 1.96 bits per heavy atom. The molecule has 0 radical (unpaired) electrons. The van der Waals surface area contributed by atoms with Crippen LogP contribution < -0.4 is 10.2 Å². The number of aryl methyl sites for hydroxylation is 2. The van der Waals surface area contributed by atoms with E-state index in [1.54, 1.807) is 0 Å². The molecule has 1 amide bonds. The van der Waals surface area contributed by atoms with Crippen molar-refractivity contribution in [1.29, 1.82) is 5.26 Å². The fourth-order valence-electron chi connectivity index (χ4n) is 2.34. The topological polar surface area (TPSA) is 69.0 Å². The molecular weight excluding hydrogens is 332 g/mol. The summed E-state index contributed by atoms with van der Waals surface area (Å²) in [7, 11) is 3.98. The van der Waals surface area contributed by atoms with Crippen LogP contribution in [0, 0.1) is 25.2 Å². The molecule has 25 heavy (non-hydrogen) atoms. The van der Waals surface area contributed by atoms with Gasteiger partial charge in [0.15, 0.2) is 0 Å². The van der Waals surface area contributed by atoms with Gasteiger partial charge in [-0.15, -0.1) is 0 Å². The number of nitrogens with one attached hydrogen (secondary N) is 1. The van der Waals surface area contributed by atoms with Gasteiger partial charge in [-0.1, -0.05) is 23.9 Å². The molecule has 5 nitrogen and oxygen atoms in total. The standard InChI is InChI=1S/C19H22N4OS/c1-13-9-14(2)22-19(17(13)10-20)25-12-18(24)21-11-15-5-7-16(8-6-15)23(3)4/h5-9H,11-12H2,1-4H3,(H,21,24). The maximum absolute atomic E-state index is 12.1. The van der Waals surface area contributed by atoms with Gasteiger partial charge in [0.1, 0.15) is 11.1 Å². The summed E-state index contributed by atoms with van der Waals surface area (Å²) in [4.78, 5) is 18.5. The van der Waals surface area contributed by atoms with E-state index in [2.05, 4.69) is 16.4 Å². The van der Waals surface area contributed by atoms with Crippen molar-refractivity contribution in [2.75, 3.05) is 24.7 Å². The van der Waals surface area contributed by atoms with Crippen LogP contribution in [0.1, 0.15) is 22.4 Å². The molecule has 2 rings (SSSR count). The molecule has 130 valence electrons. The lowest BCUT2D eigenvalue weighted by atomic mass is 10.1. The van der Waals surface area contributed by atoms with E-state index in [0.29, 0.717) is 17.1 Å². The maximum atomic E-state index is 12.1. The van der Waals surface area contributed by atoms with Crippen molar-refractivity contribution in [3.05, 3.63) is 52.7 Å². The number of amides is 1. The number of pyridine rings is 1. The molecule has 0 unspecified atom stereocenters. The highest BCUT2D eigenvalue weighted by atomic mass is 32.2. The molecule has 1 heterocycles. The van der Waals surface area contributed by atoms with Crippen LogP contribution in [0.4, 0.5) is 5.69 Å². The number of benzene rings is 1. The van der Waals surface area contributed by atoms with Gasteiger partial charge in [-0.25, -0.2) is 4.98 Å². The Hall–Kier alpha value is -2.52. The molecule has 0 atom stereocenters. The quantitative estimate of drug-likeness (QED) is 0.808. The Bertz CT molecular complexity index is 794. The molecule has 1 aromatic carbocycles. The second-order valence-corrected chi connectivity index (χ2v) is 6.96. The van der Waals surface area contributed by atoms with Gasteiger partial charge in [0.25, 0.3) is 0 Å². The van der Waals surface area contributed by atoms with Crippen LogP contribution in [0.2, 0.25) is 0 Å². The second-order valence-electron chi connectivity index (χ2n) is 6.00. The number of carbonyl (C=O) groups is 1. The molecule has 1 aromatic heterocycles. The Morgan fingerprint density at radius 3 is 2.56 bits per heavy atom. The minimum Gasteiger partial charge on any atom is -0.378 e. The fourth-order valence-corrected chi connectivity index (χ4v) is 3.27. The third-order valence-electron chi connectivity index (χ3n) is 3.71. The summed E-state index contributed by atoms with van der Waals surface area (Å²) in [6, 6.07) is 12.1. The lowest BCUT2D eigenvalue weighted by Crippen LogP contribution is -2.24. The molecule has 1 N–H and O–H groups in total. The summed E-state index contributed by atoms with van der Waals surface area (Å²) in [6.07, 6.45) is 0. The van der Waals surface area contributed by atoms with E-state index in [0.717, 1.165) is 22.5 Å². The normalized spacial score (nSPS) is 10.2. The van der Waals surface area contributed by atoms with E-state index < -0.39 is 0 Å². The highest BCUT2D eigenvalue weighted by molar-refractivity contribution is 8.00. The van der Waals surface area contributed by atoms with Crippen molar-refractivity contribution in [3.63, 3.8) is 0 Å². The molecule has 0 fully saturated rings. The Balaban J connectivity index is 1.90. The van der Waals surface area contributed by atoms with Crippen LogP contribution >= 0.6 is 11.8 Å². The van der Waals surface area contributed by atoms with Crippen molar-refractivity contribution < 1.29 is 4.79 Å². The average Bonchev–Trinajstić information content (AvgIpc) is 2.58. The van der Waals surface area contributed by atoms with Crippen molar-refractivity contribution in [2.45, 2.75) is 25.4 Å². The summed E-state index contributed by atoms with van der Waals surface area (Å²) in [5.41, 5.74) is 4.45. The lowest BCUT2D eigenvalue weighted by molar-refractivity contribution is -0.118. The van der Waals surface area contributed by atoms with E-state index in [1.807, 2.05) is 63.2 Å². The highest BCUT2D eigenvalue weighted by Crippen LogP contribution is 2.23. The lowest BCUT2D eigenvalue weighted by Gasteiger charge is -2.13. The summed E-state index contributed by atoms with van der Waals surface area (Å²) in [5.74, 6) is 0.159. The Labute approximate surface area is 153 Å². The van der Waals surface area contributed by atoms with Gasteiger partial charge in [0.05, 0.1) is 11.3 Å². The van der Waals surface area contributed by atoms with E-state index in [1.165, 1.54) is 11.8 Å². The number of aromatic nitrogens is 1. The predicted octanol–water partition coefficient (Wildman–Crippen LogP) is 3.04. The van der Waals surface area contributed by atoms with Gasteiger partial charge in [-0.3, -0.25) is 4.79 Å². The second kappa shape index (κ2) is 8.54. The van der Waals surface area contributed by atoms with Crippen LogP contribution in [0.3, 0.4) is 0 Å². The van der Waals surface area contributed by atoms with Gasteiger partial charge in [-0.05, 0) is 43.2 Å². The molecule has 0 saturated carbocycles. The monoisotopic (exact) mass is 354 g/mol. The van der Waals surface area contributed by atoms with Crippen LogP contribution in [0.15, 0.2) is 35.4 Å². The number of anilines is 1. The number of nitriles is 1. The van der Waals surface area contributed by atoms with Crippen LogP contribution in [0.25, 0.3) is 0 Å². The Kier molecular flexibility index (Phi) is 6.43. The maximum Gasteiger partial charge on any atom is 0.230 e. The first kappa shape index (κ1) is 18.8. The molecule has 0 bridgehead atoms. The summed E-state index contributed by atoms with van der Waals surface area (Å²) in [6.45, 7) is 4.25. The number of rotatable bonds is 6. The van der Waals surface area contributed by atoms with E-state index in [-0.39, 0.29) is 11.7 Å². The summed E-state index contributed by atoms with van der Waals surface area (Å²) < 4.78 is 0. The fraction of sp³-hybridized carbons (Fsp3) is 0.316. The highest BCUT2D eigenvalue weighted by Gasteiger charge is 2.11. The van der Waals surface area contributed by atoms with E-state index in [9.17, 15) is 10.1 Å². The molecule has 0 saturated heterocycles. The van der Waals surface area contributed by atoms with Gasteiger partial charge in [0.2, 0.25) is 5.91 Å². The first-order chi connectivity index (χ1) is 11.9. The zero-order valence-electron chi connectivity index (χ0n) is 15.0. The minimum absolute atomic E-state index is 0.0773. The molecule has 0 spiro atoms. The first-order valence-corrected chi connectivity index (χ1v) is 8.93. The van der Waals surface area contributed by atoms with Crippen LogP contribution in [-0.2, 0) is 11.3 Å². The van der Waals surface area contributed by atoms with Crippen molar-refractivity contribution in [3.8, 4) is 6.07 Å². The summed E-state index contributed by atoms with van der Waals surface area (Å²) in [5, 5.41) is 12.8. The van der Waals surface area contributed by atoms with Crippen molar-refractivity contribution in [2.24, 2.45) is 0 Å². The van der Waals surface area contributed by atoms with E-state index in [4.69, 9.17) is 0 Å². The van der Waals surface area contributed by atoms with Crippen LogP contribution in [0.5, 0.6) is 0 Å². The number of hydrogen-bond acceptors (Lipinski definition) is 5. The molecule has 0 aliphatic rings. The van der Waals surface area contributed by atoms with Gasteiger partial charge in [0, 0.05) is 32.0 Å². The first-order valence-electron chi connectivity index (χ1n) is 7.95. The zero-order chi connectivity index (χ0) is 18.4. The Morgan fingerprint density at radius 1 is 1.28 bits per heavy atom. The smallest absolute Gasteiger partial charge is 0.230 e.